The van der Waals surface area contributed by atoms with Crippen molar-refractivity contribution in [3.63, 3.8) is 0 Å². The van der Waals surface area contributed by atoms with Crippen LogP contribution in [0.25, 0.3) is 0 Å². The van der Waals surface area contributed by atoms with Gasteiger partial charge in [-0.05, 0) is 79.4 Å². The summed E-state index contributed by atoms with van der Waals surface area (Å²) in [6.45, 7) is 5.69. The van der Waals surface area contributed by atoms with Gasteiger partial charge in [0.15, 0.2) is 0 Å². The Labute approximate surface area is 136 Å². The number of halogens is 1. The maximum Gasteiger partial charge on any atom is 0.241 e. The van der Waals surface area contributed by atoms with Crippen LogP contribution < -0.4 is 4.72 Å². The molecule has 1 aliphatic rings. The fraction of sp³-hybridized carbons (Fsp3) is 0.600. The van der Waals surface area contributed by atoms with E-state index < -0.39 is 10.0 Å². The van der Waals surface area contributed by atoms with Gasteiger partial charge in [-0.2, -0.15) is 0 Å². The summed E-state index contributed by atoms with van der Waals surface area (Å²) in [7, 11) is -3.43. The Hall–Kier alpha value is -0.430. The van der Waals surface area contributed by atoms with Crippen molar-refractivity contribution in [1.82, 2.24) is 9.62 Å². The number of hydrogen-bond donors (Lipinski definition) is 1. The maximum atomic E-state index is 12.3. The number of piperidine rings is 1. The normalized spacial score (nSPS) is 17.0. The molecule has 21 heavy (non-hydrogen) atoms. The van der Waals surface area contributed by atoms with Crippen molar-refractivity contribution in [2.45, 2.75) is 37.5 Å². The lowest BCUT2D eigenvalue weighted by molar-refractivity contribution is 0.227. The van der Waals surface area contributed by atoms with Crippen molar-refractivity contribution in [3.8, 4) is 0 Å². The van der Waals surface area contributed by atoms with Gasteiger partial charge in [-0.15, -0.1) is 0 Å². The van der Waals surface area contributed by atoms with E-state index in [2.05, 4.69) is 25.6 Å². The molecule has 0 unspecified atom stereocenters. The first-order chi connectivity index (χ1) is 9.99. The second-order valence-corrected chi connectivity index (χ2v) is 8.18. The highest BCUT2D eigenvalue weighted by atomic mass is 79.9. The summed E-state index contributed by atoms with van der Waals surface area (Å²) >= 11 is 3.33. The third-order valence-electron chi connectivity index (χ3n) is 3.77. The summed E-state index contributed by atoms with van der Waals surface area (Å²) in [4.78, 5) is 2.73. The van der Waals surface area contributed by atoms with Crippen LogP contribution in [-0.2, 0) is 10.0 Å². The van der Waals surface area contributed by atoms with E-state index in [1.165, 1.54) is 19.3 Å². The molecule has 0 atom stereocenters. The Morgan fingerprint density at radius 3 is 2.62 bits per heavy atom. The van der Waals surface area contributed by atoms with Gasteiger partial charge >= 0.3 is 0 Å². The minimum atomic E-state index is -3.43. The van der Waals surface area contributed by atoms with Gasteiger partial charge in [0.05, 0.1) is 4.90 Å². The van der Waals surface area contributed by atoms with Crippen LogP contribution in [-0.4, -0.2) is 39.5 Å². The Morgan fingerprint density at radius 1 is 1.24 bits per heavy atom. The zero-order chi connectivity index (χ0) is 15.3. The van der Waals surface area contributed by atoms with Crippen molar-refractivity contribution in [1.29, 1.82) is 0 Å². The molecule has 2 rings (SSSR count). The smallest absolute Gasteiger partial charge is 0.241 e. The van der Waals surface area contributed by atoms with Gasteiger partial charge in [-0.3, -0.25) is 0 Å². The average molecular weight is 375 g/mol. The Balaban J connectivity index is 1.83. The number of benzene rings is 1. The molecule has 1 aromatic carbocycles. The van der Waals surface area contributed by atoms with Crippen molar-refractivity contribution >= 4 is 26.0 Å². The molecule has 1 aliphatic heterocycles. The minimum Gasteiger partial charge on any atom is -0.303 e. The molecule has 0 saturated carbocycles. The Bertz CT molecular complexity index is 569. The molecule has 4 nitrogen and oxygen atoms in total. The molecule has 1 aromatic rings. The fourth-order valence-corrected chi connectivity index (χ4v) is 4.86. The van der Waals surface area contributed by atoms with Crippen LogP contribution in [0.4, 0.5) is 0 Å². The second-order valence-electron chi connectivity index (χ2n) is 5.59. The third kappa shape index (κ3) is 5.06. The SMILES string of the molecule is Cc1ccc(S(=O)(=O)NCCCN2CCCCC2)c(Br)c1. The molecule has 0 amide bonds. The Morgan fingerprint density at radius 2 is 1.95 bits per heavy atom. The van der Waals surface area contributed by atoms with E-state index in [0.717, 1.165) is 31.6 Å². The summed E-state index contributed by atoms with van der Waals surface area (Å²) in [6, 6.07) is 5.28. The number of aryl methyl sites for hydroxylation is 1. The van der Waals surface area contributed by atoms with Gasteiger partial charge in [-0.25, -0.2) is 13.1 Å². The summed E-state index contributed by atoms with van der Waals surface area (Å²) in [5, 5.41) is 0. The molecule has 1 fully saturated rings. The van der Waals surface area contributed by atoms with E-state index in [9.17, 15) is 8.42 Å². The molecule has 118 valence electrons. The first-order valence-electron chi connectivity index (χ1n) is 7.47. The summed E-state index contributed by atoms with van der Waals surface area (Å²) < 4.78 is 27.8. The first-order valence-corrected chi connectivity index (χ1v) is 9.75. The van der Waals surface area contributed by atoms with E-state index in [4.69, 9.17) is 0 Å². The van der Waals surface area contributed by atoms with Crippen LogP contribution in [0.15, 0.2) is 27.6 Å². The van der Waals surface area contributed by atoms with Crippen molar-refractivity contribution in [3.05, 3.63) is 28.2 Å². The van der Waals surface area contributed by atoms with E-state index in [1.807, 2.05) is 19.1 Å². The molecule has 0 spiro atoms. The molecule has 0 aromatic heterocycles. The van der Waals surface area contributed by atoms with Crippen LogP contribution in [0.2, 0.25) is 0 Å². The van der Waals surface area contributed by atoms with Gasteiger partial charge in [0, 0.05) is 11.0 Å². The Kier molecular flexibility index (Phi) is 6.22. The average Bonchev–Trinajstić information content (AvgIpc) is 2.44. The number of rotatable bonds is 6. The molecule has 0 bridgehead atoms. The van der Waals surface area contributed by atoms with E-state index in [1.54, 1.807) is 6.07 Å². The highest BCUT2D eigenvalue weighted by Gasteiger charge is 2.17. The predicted molar refractivity (Wildman–Crippen MR) is 89.0 cm³/mol. The van der Waals surface area contributed by atoms with Gasteiger partial charge < -0.3 is 4.90 Å². The van der Waals surface area contributed by atoms with Gasteiger partial charge in [0.25, 0.3) is 0 Å². The predicted octanol–water partition coefficient (Wildman–Crippen LogP) is 2.91. The molecule has 1 N–H and O–H groups in total. The van der Waals surface area contributed by atoms with E-state index in [0.29, 0.717) is 15.9 Å². The highest BCUT2D eigenvalue weighted by Crippen LogP contribution is 2.22. The van der Waals surface area contributed by atoms with Gasteiger partial charge in [0.1, 0.15) is 0 Å². The molecule has 0 radical (unpaired) electrons. The lowest BCUT2D eigenvalue weighted by Gasteiger charge is -2.26. The number of nitrogens with zero attached hydrogens (tertiary/aromatic N) is 1. The second kappa shape index (κ2) is 7.72. The van der Waals surface area contributed by atoms with Crippen molar-refractivity contribution in [2.75, 3.05) is 26.2 Å². The molecular weight excluding hydrogens is 352 g/mol. The van der Waals surface area contributed by atoms with Crippen LogP contribution in [0, 0.1) is 6.92 Å². The van der Waals surface area contributed by atoms with Gasteiger partial charge in [-0.1, -0.05) is 12.5 Å². The summed E-state index contributed by atoms with van der Waals surface area (Å²) in [5.74, 6) is 0. The first kappa shape index (κ1) is 16.9. The number of nitrogens with one attached hydrogen (secondary N) is 1. The van der Waals surface area contributed by atoms with Crippen molar-refractivity contribution in [2.24, 2.45) is 0 Å². The molecule has 1 saturated heterocycles. The lowest BCUT2D eigenvalue weighted by atomic mass is 10.1. The quantitative estimate of drug-likeness (QED) is 0.778. The fourth-order valence-electron chi connectivity index (χ4n) is 2.59. The largest absolute Gasteiger partial charge is 0.303 e. The molecule has 0 aliphatic carbocycles. The number of likely N-dealkylation sites (tertiary alicyclic amines) is 1. The molecule has 6 heteroatoms. The van der Waals surface area contributed by atoms with Crippen LogP contribution >= 0.6 is 15.9 Å². The highest BCUT2D eigenvalue weighted by molar-refractivity contribution is 9.10. The summed E-state index contributed by atoms with van der Waals surface area (Å²) in [5.41, 5.74) is 1.03. The summed E-state index contributed by atoms with van der Waals surface area (Å²) in [6.07, 6.45) is 4.71. The van der Waals surface area contributed by atoms with Gasteiger partial charge in [0.2, 0.25) is 10.0 Å². The van der Waals surface area contributed by atoms with Crippen LogP contribution in [0.3, 0.4) is 0 Å². The lowest BCUT2D eigenvalue weighted by Crippen LogP contribution is -2.33. The standard InChI is InChI=1S/C15H23BrN2O2S/c1-13-6-7-15(14(16)12-13)21(19,20)17-8-5-11-18-9-3-2-4-10-18/h6-7,12,17H,2-5,8-11H2,1H3. The molecule has 1 heterocycles. The molecular formula is C15H23BrN2O2S. The monoisotopic (exact) mass is 374 g/mol. The van der Waals surface area contributed by atoms with Crippen LogP contribution in [0.1, 0.15) is 31.2 Å². The van der Waals surface area contributed by atoms with E-state index in [-0.39, 0.29) is 0 Å². The number of sulfonamides is 1. The van der Waals surface area contributed by atoms with Crippen molar-refractivity contribution < 1.29 is 8.42 Å². The van der Waals surface area contributed by atoms with E-state index >= 15 is 0 Å². The number of hydrogen-bond acceptors (Lipinski definition) is 3. The topological polar surface area (TPSA) is 49.4 Å². The zero-order valence-electron chi connectivity index (χ0n) is 12.4. The zero-order valence-corrected chi connectivity index (χ0v) is 14.8. The third-order valence-corrected chi connectivity index (χ3v) is 6.21. The van der Waals surface area contributed by atoms with Crippen LogP contribution in [0.5, 0.6) is 0 Å². The maximum absolute atomic E-state index is 12.3. The minimum absolute atomic E-state index is 0.311.